The molecule has 2 aromatic carbocycles. The Balaban J connectivity index is 1.74. The van der Waals surface area contributed by atoms with E-state index in [0.717, 1.165) is 11.7 Å². The first-order chi connectivity index (χ1) is 11.4. The average Bonchev–Trinajstić information content (AvgIpc) is 2.60. The molecule has 0 fully saturated rings. The van der Waals surface area contributed by atoms with Crippen molar-refractivity contribution in [3.63, 3.8) is 0 Å². The molecule has 1 atom stereocenters. The van der Waals surface area contributed by atoms with Crippen LogP contribution in [0.15, 0.2) is 60.7 Å². The van der Waals surface area contributed by atoms with Gasteiger partial charge < -0.3 is 0 Å². The lowest BCUT2D eigenvalue weighted by Gasteiger charge is -2.17. The summed E-state index contributed by atoms with van der Waals surface area (Å²) >= 11 is 2.08. The zero-order chi connectivity index (χ0) is 16.2. The summed E-state index contributed by atoms with van der Waals surface area (Å²) in [7, 11) is 0. The second kappa shape index (κ2) is 11.3. The van der Waals surface area contributed by atoms with Crippen molar-refractivity contribution >= 4 is 11.8 Å². The van der Waals surface area contributed by atoms with Gasteiger partial charge in [-0.05, 0) is 35.6 Å². The van der Waals surface area contributed by atoms with E-state index in [1.54, 1.807) is 0 Å². The van der Waals surface area contributed by atoms with E-state index in [4.69, 9.17) is 0 Å². The van der Waals surface area contributed by atoms with Gasteiger partial charge in [0.05, 0.1) is 0 Å². The van der Waals surface area contributed by atoms with Gasteiger partial charge in [0.1, 0.15) is 0 Å². The van der Waals surface area contributed by atoms with Gasteiger partial charge in [-0.2, -0.15) is 11.8 Å². The number of rotatable bonds is 11. The first-order valence-corrected chi connectivity index (χ1v) is 10.2. The van der Waals surface area contributed by atoms with E-state index in [0.29, 0.717) is 0 Å². The first-order valence-electron chi connectivity index (χ1n) is 9.04. The lowest BCUT2D eigenvalue weighted by molar-refractivity contribution is 0.445. The maximum Gasteiger partial charge on any atom is 0.0184 e. The van der Waals surface area contributed by atoms with Crippen LogP contribution in [0.2, 0.25) is 0 Å². The van der Waals surface area contributed by atoms with E-state index < -0.39 is 0 Å². The maximum atomic E-state index is 2.29. The van der Waals surface area contributed by atoms with E-state index in [2.05, 4.69) is 79.3 Å². The van der Waals surface area contributed by atoms with Crippen LogP contribution in [-0.2, 0) is 12.2 Å². The molecular formula is C22H30S. The minimum atomic E-state index is 0.840. The standard InChI is InChI=1S/C22H30S/c1-2-3-6-11-21(18-20-12-7-4-8-13-20)16-17-23-19-22-14-9-5-10-15-22/h4-5,7-10,12-15,21H,2-3,6,11,16-19H2,1H3. The number of hydrogen-bond donors (Lipinski definition) is 0. The lowest BCUT2D eigenvalue weighted by Crippen LogP contribution is -2.06. The Morgan fingerprint density at radius 1 is 0.783 bits per heavy atom. The Bertz CT molecular complexity index is 506. The molecule has 0 saturated carbocycles. The topological polar surface area (TPSA) is 0 Å². The van der Waals surface area contributed by atoms with Crippen molar-refractivity contribution in [1.29, 1.82) is 0 Å². The normalized spacial score (nSPS) is 12.2. The van der Waals surface area contributed by atoms with Crippen molar-refractivity contribution in [2.24, 2.45) is 5.92 Å². The zero-order valence-corrected chi connectivity index (χ0v) is 15.2. The molecule has 0 amide bonds. The third-order valence-corrected chi connectivity index (χ3v) is 5.43. The van der Waals surface area contributed by atoms with Crippen LogP contribution in [0.25, 0.3) is 0 Å². The molecule has 0 bridgehead atoms. The van der Waals surface area contributed by atoms with Crippen LogP contribution in [0.1, 0.15) is 50.2 Å². The molecule has 0 radical (unpaired) electrons. The lowest BCUT2D eigenvalue weighted by atomic mass is 9.92. The van der Waals surface area contributed by atoms with E-state index in [-0.39, 0.29) is 0 Å². The van der Waals surface area contributed by atoms with Gasteiger partial charge >= 0.3 is 0 Å². The second-order valence-electron chi connectivity index (χ2n) is 6.38. The molecule has 23 heavy (non-hydrogen) atoms. The number of unbranched alkanes of at least 4 members (excludes halogenated alkanes) is 2. The van der Waals surface area contributed by atoms with E-state index in [9.17, 15) is 0 Å². The molecule has 0 aliphatic heterocycles. The van der Waals surface area contributed by atoms with Crippen molar-refractivity contribution in [3.8, 4) is 0 Å². The molecule has 0 aliphatic rings. The van der Waals surface area contributed by atoms with Crippen LogP contribution in [0, 0.1) is 5.92 Å². The van der Waals surface area contributed by atoms with Crippen molar-refractivity contribution in [2.75, 3.05) is 5.75 Å². The molecule has 0 spiro atoms. The van der Waals surface area contributed by atoms with Crippen molar-refractivity contribution in [2.45, 2.75) is 51.2 Å². The van der Waals surface area contributed by atoms with Crippen LogP contribution >= 0.6 is 11.8 Å². The summed E-state index contributed by atoms with van der Waals surface area (Å²) in [6.07, 6.45) is 8.06. The van der Waals surface area contributed by atoms with Gasteiger partial charge in [-0.15, -0.1) is 0 Å². The van der Waals surface area contributed by atoms with Gasteiger partial charge in [0.15, 0.2) is 0 Å². The first kappa shape index (κ1) is 18.1. The van der Waals surface area contributed by atoms with Crippen LogP contribution in [0.5, 0.6) is 0 Å². The highest BCUT2D eigenvalue weighted by Gasteiger charge is 2.09. The van der Waals surface area contributed by atoms with E-state index in [1.165, 1.54) is 55.4 Å². The van der Waals surface area contributed by atoms with E-state index in [1.807, 2.05) is 0 Å². The molecule has 0 nitrogen and oxygen atoms in total. The highest BCUT2D eigenvalue weighted by molar-refractivity contribution is 7.98. The summed E-state index contributed by atoms with van der Waals surface area (Å²) in [5.74, 6) is 3.26. The molecule has 0 N–H and O–H groups in total. The Kier molecular flexibility index (Phi) is 8.94. The molecule has 1 unspecified atom stereocenters. The van der Waals surface area contributed by atoms with Gasteiger partial charge in [-0.3, -0.25) is 0 Å². The minimum Gasteiger partial charge on any atom is -0.157 e. The summed E-state index contributed by atoms with van der Waals surface area (Å²) in [5, 5.41) is 0. The van der Waals surface area contributed by atoms with Crippen molar-refractivity contribution in [1.82, 2.24) is 0 Å². The largest absolute Gasteiger partial charge is 0.157 e. The average molecular weight is 327 g/mol. The number of hydrogen-bond acceptors (Lipinski definition) is 1. The van der Waals surface area contributed by atoms with Gasteiger partial charge in [-0.1, -0.05) is 93.3 Å². The molecular weight excluding hydrogens is 296 g/mol. The minimum absolute atomic E-state index is 0.840. The molecule has 0 aliphatic carbocycles. The van der Waals surface area contributed by atoms with Gasteiger partial charge in [0.2, 0.25) is 0 Å². The third-order valence-electron chi connectivity index (χ3n) is 4.37. The van der Waals surface area contributed by atoms with Crippen LogP contribution in [0.4, 0.5) is 0 Å². The SMILES string of the molecule is CCCCCC(CCSCc1ccccc1)Cc1ccccc1. The summed E-state index contributed by atoms with van der Waals surface area (Å²) in [4.78, 5) is 0. The summed E-state index contributed by atoms with van der Waals surface area (Å²) in [6.45, 7) is 2.29. The van der Waals surface area contributed by atoms with Gasteiger partial charge in [-0.25, -0.2) is 0 Å². The van der Waals surface area contributed by atoms with Crippen molar-refractivity contribution in [3.05, 3.63) is 71.8 Å². The Hall–Kier alpha value is -1.21. The quantitative estimate of drug-likeness (QED) is 0.412. The summed E-state index contributed by atoms with van der Waals surface area (Å²) < 4.78 is 0. The summed E-state index contributed by atoms with van der Waals surface area (Å²) in [6, 6.07) is 21.9. The fraction of sp³-hybridized carbons (Fsp3) is 0.455. The van der Waals surface area contributed by atoms with Crippen LogP contribution in [0.3, 0.4) is 0 Å². The smallest absolute Gasteiger partial charge is 0.0184 e. The third kappa shape index (κ3) is 7.74. The highest BCUT2D eigenvalue weighted by atomic mass is 32.2. The van der Waals surface area contributed by atoms with Crippen LogP contribution in [-0.4, -0.2) is 5.75 Å². The molecule has 2 aromatic rings. The Morgan fingerprint density at radius 3 is 2.09 bits per heavy atom. The van der Waals surface area contributed by atoms with Gasteiger partial charge in [0, 0.05) is 5.75 Å². The highest BCUT2D eigenvalue weighted by Crippen LogP contribution is 2.23. The zero-order valence-electron chi connectivity index (χ0n) is 14.4. The maximum absolute atomic E-state index is 2.29. The summed E-state index contributed by atoms with van der Waals surface area (Å²) in [5.41, 5.74) is 2.95. The second-order valence-corrected chi connectivity index (χ2v) is 7.48. The monoisotopic (exact) mass is 326 g/mol. The predicted octanol–water partition coefficient (Wildman–Crippen LogP) is 6.75. The molecule has 2 rings (SSSR count). The molecule has 0 saturated heterocycles. The molecule has 0 aromatic heterocycles. The molecule has 0 heterocycles. The van der Waals surface area contributed by atoms with Crippen molar-refractivity contribution < 1.29 is 0 Å². The van der Waals surface area contributed by atoms with Gasteiger partial charge in [0.25, 0.3) is 0 Å². The number of benzene rings is 2. The Labute approximate surface area is 146 Å². The molecule has 124 valence electrons. The number of thioether (sulfide) groups is 1. The van der Waals surface area contributed by atoms with Crippen LogP contribution < -0.4 is 0 Å². The molecule has 1 heteroatoms. The Morgan fingerprint density at radius 2 is 1.43 bits per heavy atom. The van der Waals surface area contributed by atoms with E-state index >= 15 is 0 Å². The predicted molar refractivity (Wildman–Crippen MR) is 105 cm³/mol. The fourth-order valence-electron chi connectivity index (χ4n) is 2.99. The fourth-order valence-corrected chi connectivity index (χ4v) is 4.07.